The van der Waals surface area contributed by atoms with Crippen LogP contribution in [0.2, 0.25) is 0 Å². The summed E-state index contributed by atoms with van der Waals surface area (Å²) in [4.78, 5) is 11.5. The van der Waals surface area contributed by atoms with Gasteiger partial charge in [0.25, 0.3) is 0 Å². The molecule has 1 amide bonds. The lowest BCUT2D eigenvalue weighted by Gasteiger charge is -2.26. The van der Waals surface area contributed by atoms with Crippen LogP contribution in [0.4, 0.5) is 4.79 Å². The summed E-state index contributed by atoms with van der Waals surface area (Å²) >= 11 is 1.78. The molecule has 0 bridgehead atoms. The fraction of sp³-hybridized carbons (Fsp3) is 0.588. The van der Waals surface area contributed by atoms with Crippen molar-refractivity contribution in [2.45, 2.75) is 53.3 Å². The van der Waals surface area contributed by atoms with Crippen molar-refractivity contribution in [3.63, 3.8) is 0 Å². The van der Waals surface area contributed by atoms with Gasteiger partial charge in [0.05, 0.1) is 6.10 Å². The van der Waals surface area contributed by atoms with Crippen molar-refractivity contribution in [3.05, 3.63) is 34.9 Å². The van der Waals surface area contributed by atoms with E-state index in [-0.39, 0.29) is 12.2 Å². The number of fused-ring (bicyclic) bond motifs is 1. The number of nitrogens with zero attached hydrogens (tertiary/aromatic N) is 1. The van der Waals surface area contributed by atoms with E-state index in [2.05, 4.69) is 34.1 Å². The number of alkyl carbamates (subject to hydrolysis) is 1. The van der Waals surface area contributed by atoms with Crippen LogP contribution in [0.1, 0.15) is 44.4 Å². The van der Waals surface area contributed by atoms with E-state index < -0.39 is 0 Å². The molecule has 0 saturated carbocycles. The number of rotatable bonds is 4. The molecule has 0 spiro atoms. The van der Waals surface area contributed by atoms with E-state index in [0.29, 0.717) is 6.54 Å². The molecule has 22 heavy (non-hydrogen) atoms. The minimum atomic E-state index is -0.358. The van der Waals surface area contributed by atoms with Gasteiger partial charge in [-0.2, -0.15) is 0 Å². The fourth-order valence-corrected chi connectivity index (χ4v) is 2.82. The zero-order valence-corrected chi connectivity index (χ0v) is 15.1. The third-order valence-corrected chi connectivity index (χ3v) is 4.11. The summed E-state index contributed by atoms with van der Waals surface area (Å²) in [7, 11) is 0. The standard InChI is InChI=1S/C15H22N2O2S.C2H6/c1-11(2)19-15(18)16-9-12-4-5-13-6-7-17(20-3)10-14(13)8-12;1-2/h4-5,8,11H,6-7,9-10H2,1-3H3,(H,16,18);1-2H3. The zero-order chi connectivity index (χ0) is 16.5. The van der Waals surface area contributed by atoms with E-state index in [4.69, 9.17) is 4.74 Å². The van der Waals surface area contributed by atoms with Crippen molar-refractivity contribution < 1.29 is 9.53 Å². The molecule has 4 nitrogen and oxygen atoms in total. The van der Waals surface area contributed by atoms with Gasteiger partial charge < -0.3 is 10.1 Å². The Morgan fingerprint density at radius 3 is 2.73 bits per heavy atom. The van der Waals surface area contributed by atoms with Crippen molar-refractivity contribution in [1.82, 2.24) is 9.62 Å². The van der Waals surface area contributed by atoms with E-state index >= 15 is 0 Å². The number of hydrogen-bond acceptors (Lipinski definition) is 4. The Balaban J connectivity index is 0.00000116. The van der Waals surface area contributed by atoms with E-state index in [1.165, 1.54) is 11.1 Å². The van der Waals surface area contributed by atoms with Crippen LogP contribution in [-0.2, 0) is 24.2 Å². The normalized spacial score (nSPS) is 13.9. The minimum Gasteiger partial charge on any atom is -0.447 e. The number of benzene rings is 1. The van der Waals surface area contributed by atoms with Crippen LogP contribution in [0.3, 0.4) is 0 Å². The third-order valence-electron chi connectivity index (χ3n) is 3.29. The highest BCUT2D eigenvalue weighted by molar-refractivity contribution is 7.96. The first kappa shape index (κ1) is 18.8. The molecule has 0 unspecified atom stereocenters. The lowest BCUT2D eigenvalue weighted by atomic mass is 9.98. The number of carbonyl (C=O) groups excluding carboxylic acids is 1. The number of carbonyl (C=O) groups is 1. The van der Waals surface area contributed by atoms with Gasteiger partial charge in [0.15, 0.2) is 0 Å². The maximum atomic E-state index is 11.5. The topological polar surface area (TPSA) is 41.6 Å². The Morgan fingerprint density at radius 2 is 2.09 bits per heavy atom. The maximum Gasteiger partial charge on any atom is 0.407 e. The molecule has 0 radical (unpaired) electrons. The summed E-state index contributed by atoms with van der Waals surface area (Å²) in [5.74, 6) is 0. The van der Waals surface area contributed by atoms with Gasteiger partial charge in [-0.1, -0.05) is 44.0 Å². The van der Waals surface area contributed by atoms with Gasteiger partial charge in [-0.3, -0.25) is 0 Å². The zero-order valence-electron chi connectivity index (χ0n) is 14.3. The first-order chi connectivity index (χ1) is 10.6. The van der Waals surface area contributed by atoms with Crippen molar-refractivity contribution in [1.29, 1.82) is 0 Å². The summed E-state index contributed by atoms with van der Waals surface area (Å²) in [5, 5.41) is 2.78. The number of hydrogen-bond donors (Lipinski definition) is 1. The van der Waals surface area contributed by atoms with Gasteiger partial charge in [-0.25, -0.2) is 9.10 Å². The van der Waals surface area contributed by atoms with Gasteiger partial charge in [0.1, 0.15) is 0 Å². The Bertz CT molecular complexity index is 478. The van der Waals surface area contributed by atoms with Crippen LogP contribution in [0.15, 0.2) is 18.2 Å². The first-order valence-electron chi connectivity index (χ1n) is 7.92. The Labute approximate surface area is 138 Å². The lowest BCUT2D eigenvalue weighted by Crippen LogP contribution is -2.27. The highest BCUT2D eigenvalue weighted by atomic mass is 32.2. The number of amides is 1. The molecule has 1 aliphatic heterocycles. The predicted octanol–water partition coefficient (Wildman–Crippen LogP) is 3.98. The van der Waals surface area contributed by atoms with Crippen LogP contribution in [0.5, 0.6) is 0 Å². The molecule has 0 aromatic heterocycles. The SMILES string of the molecule is CC.CSN1CCc2ccc(CNC(=O)OC(C)C)cc2C1. The minimum absolute atomic E-state index is 0.0892. The predicted molar refractivity (Wildman–Crippen MR) is 93.9 cm³/mol. The summed E-state index contributed by atoms with van der Waals surface area (Å²) in [6, 6.07) is 6.45. The van der Waals surface area contributed by atoms with Gasteiger partial charge in [-0.05, 0) is 43.2 Å². The molecule has 0 atom stereocenters. The summed E-state index contributed by atoms with van der Waals surface area (Å²) < 4.78 is 7.41. The van der Waals surface area contributed by atoms with Crippen molar-refractivity contribution >= 4 is 18.0 Å². The van der Waals surface area contributed by atoms with Crippen LogP contribution in [0, 0.1) is 0 Å². The third kappa shape index (κ3) is 5.89. The molecule has 124 valence electrons. The molecule has 1 heterocycles. The largest absolute Gasteiger partial charge is 0.447 e. The molecule has 1 aromatic carbocycles. The molecule has 5 heteroatoms. The van der Waals surface area contributed by atoms with Gasteiger partial charge in [0.2, 0.25) is 0 Å². The summed E-state index contributed by atoms with van der Waals surface area (Å²) in [5.41, 5.74) is 3.90. The van der Waals surface area contributed by atoms with E-state index in [9.17, 15) is 4.79 Å². The first-order valence-corrected chi connectivity index (χ1v) is 9.11. The lowest BCUT2D eigenvalue weighted by molar-refractivity contribution is 0.115. The smallest absolute Gasteiger partial charge is 0.407 e. The highest BCUT2D eigenvalue weighted by Gasteiger charge is 2.15. The molecular weight excluding hydrogens is 296 g/mol. The molecule has 1 N–H and O–H groups in total. The van der Waals surface area contributed by atoms with Crippen molar-refractivity contribution in [2.24, 2.45) is 0 Å². The fourth-order valence-electron chi connectivity index (χ4n) is 2.28. The number of nitrogens with one attached hydrogen (secondary N) is 1. The monoisotopic (exact) mass is 324 g/mol. The quantitative estimate of drug-likeness (QED) is 0.851. The molecule has 0 fully saturated rings. The second-order valence-corrected chi connectivity index (χ2v) is 6.09. The second kappa shape index (κ2) is 9.74. The highest BCUT2D eigenvalue weighted by Crippen LogP contribution is 2.23. The average molecular weight is 324 g/mol. The molecular formula is C17H28N2O2S. The summed E-state index contributed by atoms with van der Waals surface area (Å²) in [6.45, 7) is 10.3. The van der Waals surface area contributed by atoms with Crippen LogP contribution in [-0.4, -0.2) is 29.3 Å². The van der Waals surface area contributed by atoms with E-state index in [0.717, 1.165) is 25.1 Å². The number of ether oxygens (including phenoxy) is 1. The van der Waals surface area contributed by atoms with E-state index in [1.807, 2.05) is 27.7 Å². The van der Waals surface area contributed by atoms with Gasteiger partial charge in [0, 0.05) is 19.6 Å². The second-order valence-electron chi connectivity index (χ2n) is 5.21. The molecule has 1 aliphatic rings. The van der Waals surface area contributed by atoms with Crippen LogP contribution in [0.25, 0.3) is 0 Å². The average Bonchev–Trinajstić information content (AvgIpc) is 2.53. The van der Waals surface area contributed by atoms with Crippen molar-refractivity contribution in [2.75, 3.05) is 12.8 Å². The van der Waals surface area contributed by atoms with Crippen molar-refractivity contribution in [3.8, 4) is 0 Å². The molecule has 0 aliphatic carbocycles. The molecule has 1 aromatic rings. The van der Waals surface area contributed by atoms with Crippen LogP contribution >= 0.6 is 11.9 Å². The Morgan fingerprint density at radius 1 is 1.36 bits per heavy atom. The Kier molecular flexibility index (Phi) is 8.35. The van der Waals surface area contributed by atoms with E-state index in [1.54, 1.807) is 11.9 Å². The van der Waals surface area contributed by atoms with Gasteiger partial charge >= 0.3 is 6.09 Å². The summed E-state index contributed by atoms with van der Waals surface area (Å²) in [6.07, 6.45) is 2.76. The maximum absolute atomic E-state index is 11.5. The van der Waals surface area contributed by atoms with Crippen LogP contribution < -0.4 is 5.32 Å². The molecule has 0 saturated heterocycles. The Hall–Kier alpha value is -1.20. The molecule has 2 rings (SSSR count). The van der Waals surface area contributed by atoms with Gasteiger partial charge in [-0.15, -0.1) is 0 Å².